The Bertz CT molecular complexity index is 1590. The van der Waals surface area contributed by atoms with Gasteiger partial charge in [0.05, 0.1) is 30.4 Å². The van der Waals surface area contributed by atoms with Gasteiger partial charge in [-0.05, 0) is 76.6 Å². The number of urea groups is 1. The van der Waals surface area contributed by atoms with E-state index in [9.17, 15) is 23.1 Å². The molecule has 47 heavy (non-hydrogen) atoms. The monoisotopic (exact) mass is 691 g/mol. The van der Waals surface area contributed by atoms with E-state index in [2.05, 4.69) is 15.2 Å². The smallest absolute Gasteiger partial charge is 0.321 e. The number of sulfonamides is 1. The van der Waals surface area contributed by atoms with E-state index in [1.165, 1.54) is 17.0 Å². The van der Waals surface area contributed by atoms with Gasteiger partial charge in [0.1, 0.15) is 21.3 Å². The molecule has 0 saturated heterocycles. The fourth-order valence-electron chi connectivity index (χ4n) is 5.29. The van der Waals surface area contributed by atoms with E-state index in [4.69, 9.17) is 14.0 Å². The van der Waals surface area contributed by atoms with Crippen LogP contribution in [0.1, 0.15) is 61.8 Å². The first-order valence-corrected chi connectivity index (χ1v) is 18.0. The molecule has 0 aliphatic carbocycles. The number of thiophene rings is 1. The number of hydrogen-bond donors (Lipinski definition) is 3. The molecular weight excluding hydrogens is 647 g/mol. The van der Waals surface area contributed by atoms with Gasteiger partial charge in [0, 0.05) is 38.3 Å². The lowest BCUT2D eigenvalue weighted by molar-refractivity contribution is -0.0115. The first kappa shape index (κ1) is 36.2. The Morgan fingerprint density at radius 2 is 2.00 bits per heavy atom. The number of aryl methyl sites for hydroxylation is 2. The number of ether oxygens (including phenoxy) is 2. The van der Waals surface area contributed by atoms with Gasteiger partial charge in [0.2, 0.25) is 0 Å². The first-order valence-electron chi connectivity index (χ1n) is 15.7. The average molecular weight is 692 g/mol. The summed E-state index contributed by atoms with van der Waals surface area (Å²) in [5.41, 5.74) is 1.46. The molecular formula is C32H45N5O8S2. The molecule has 1 aliphatic rings. The van der Waals surface area contributed by atoms with Crippen LogP contribution in [0.25, 0.3) is 0 Å². The summed E-state index contributed by atoms with van der Waals surface area (Å²) in [6.07, 6.45) is 1.57. The van der Waals surface area contributed by atoms with Crippen LogP contribution >= 0.6 is 11.3 Å². The molecule has 3 amide bonds. The Hall–Kier alpha value is -3.66. The highest BCUT2D eigenvalue weighted by Gasteiger charge is 2.31. The van der Waals surface area contributed by atoms with Crippen molar-refractivity contribution >= 4 is 44.7 Å². The Morgan fingerprint density at radius 1 is 1.23 bits per heavy atom. The van der Waals surface area contributed by atoms with E-state index >= 15 is 0 Å². The number of carbonyl (C=O) groups excluding carboxylic acids is 2. The number of nitrogens with zero attached hydrogens (tertiary/aromatic N) is 3. The van der Waals surface area contributed by atoms with Crippen molar-refractivity contribution in [3.05, 3.63) is 52.7 Å². The third kappa shape index (κ3) is 9.24. The van der Waals surface area contributed by atoms with Gasteiger partial charge in [-0.15, -0.1) is 11.3 Å². The number of aliphatic hydroxyl groups is 1. The van der Waals surface area contributed by atoms with Gasteiger partial charge >= 0.3 is 6.03 Å². The number of benzene rings is 1. The normalized spacial score (nSPS) is 20.4. The van der Waals surface area contributed by atoms with Gasteiger partial charge in [0.25, 0.3) is 15.9 Å². The summed E-state index contributed by atoms with van der Waals surface area (Å²) in [6.45, 7) is 9.62. The lowest BCUT2D eigenvalue weighted by atomic mass is 10.0. The van der Waals surface area contributed by atoms with Crippen molar-refractivity contribution in [1.29, 1.82) is 0 Å². The maximum absolute atomic E-state index is 14.3. The van der Waals surface area contributed by atoms with E-state index in [0.717, 1.165) is 24.2 Å². The molecule has 0 unspecified atom stereocenters. The van der Waals surface area contributed by atoms with Crippen molar-refractivity contribution in [2.45, 2.75) is 76.3 Å². The predicted octanol–water partition coefficient (Wildman–Crippen LogP) is 5.11. The number of fused-ring (bicyclic) bond motifs is 1. The molecule has 0 spiro atoms. The molecule has 258 valence electrons. The summed E-state index contributed by atoms with van der Waals surface area (Å²) in [7, 11) is -2.20. The molecule has 3 N–H and O–H groups in total. The second kappa shape index (κ2) is 16.0. The number of aromatic nitrogens is 1. The molecule has 1 aliphatic heterocycles. The van der Waals surface area contributed by atoms with Gasteiger partial charge in [-0.3, -0.25) is 9.52 Å². The van der Waals surface area contributed by atoms with E-state index in [0.29, 0.717) is 35.9 Å². The molecule has 3 heterocycles. The molecule has 3 aromatic rings. The second-order valence-electron chi connectivity index (χ2n) is 12.1. The summed E-state index contributed by atoms with van der Waals surface area (Å²) in [5, 5.41) is 18.6. The number of amides is 3. The Kier molecular flexibility index (Phi) is 12.3. The first-order chi connectivity index (χ1) is 22.3. The van der Waals surface area contributed by atoms with E-state index in [1.807, 2.05) is 13.8 Å². The molecule has 0 bridgehead atoms. The number of hydrogen-bond acceptors (Lipinski definition) is 10. The van der Waals surface area contributed by atoms with Crippen LogP contribution in [-0.2, 0) is 14.8 Å². The minimum absolute atomic E-state index is 0.148. The fourth-order valence-corrected chi connectivity index (χ4v) is 7.33. The van der Waals surface area contributed by atoms with Gasteiger partial charge in [-0.2, -0.15) is 0 Å². The van der Waals surface area contributed by atoms with Crippen LogP contribution in [0.5, 0.6) is 5.75 Å². The fraction of sp³-hybridized carbons (Fsp3) is 0.531. The number of carbonyl (C=O) groups is 2. The van der Waals surface area contributed by atoms with Gasteiger partial charge < -0.3 is 34.2 Å². The molecule has 0 radical (unpaired) electrons. The minimum Gasteiger partial charge on any atom is -0.490 e. The van der Waals surface area contributed by atoms with Crippen LogP contribution in [0, 0.1) is 19.8 Å². The maximum Gasteiger partial charge on any atom is 0.321 e. The highest BCUT2D eigenvalue weighted by Crippen LogP contribution is 2.30. The topological polar surface area (TPSA) is 164 Å². The van der Waals surface area contributed by atoms with Gasteiger partial charge in [-0.25, -0.2) is 13.2 Å². The Balaban J connectivity index is 1.62. The van der Waals surface area contributed by atoms with Crippen LogP contribution in [0.4, 0.5) is 16.2 Å². The summed E-state index contributed by atoms with van der Waals surface area (Å²) >= 11 is 1.09. The molecule has 1 aromatic carbocycles. The molecule has 0 fully saturated rings. The lowest BCUT2D eigenvalue weighted by Crippen LogP contribution is -2.48. The Morgan fingerprint density at radius 3 is 2.66 bits per heavy atom. The van der Waals surface area contributed by atoms with E-state index in [-0.39, 0.29) is 53.2 Å². The molecule has 0 saturated carbocycles. The summed E-state index contributed by atoms with van der Waals surface area (Å²) < 4.78 is 46.4. The van der Waals surface area contributed by atoms with Crippen molar-refractivity contribution in [3.63, 3.8) is 0 Å². The van der Waals surface area contributed by atoms with Gasteiger partial charge in [0.15, 0.2) is 5.76 Å². The number of nitrogens with one attached hydrogen (secondary N) is 2. The molecule has 4 rings (SSSR count). The van der Waals surface area contributed by atoms with E-state index in [1.54, 1.807) is 56.3 Å². The lowest BCUT2D eigenvalue weighted by Gasteiger charge is -2.35. The number of rotatable bonds is 8. The highest BCUT2D eigenvalue weighted by molar-refractivity contribution is 7.94. The summed E-state index contributed by atoms with van der Waals surface area (Å²) in [4.78, 5) is 30.5. The summed E-state index contributed by atoms with van der Waals surface area (Å²) in [6, 6.07) is 6.86. The second-order valence-corrected chi connectivity index (χ2v) is 14.9. The molecule has 4 atom stereocenters. The average Bonchev–Trinajstić information content (AvgIpc) is 3.69. The molecule has 15 heteroatoms. The van der Waals surface area contributed by atoms with Crippen LogP contribution < -0.4 is 14.8 Å². The number of likely N-dealkylation sites (N-methyl/N-ethyl adjacent to an activating group) is 1. The standard InChI is InChI=1S/C32H45N5O8S2/c1-20-17-37(21(2)19-38)31(39)26-16-25(35-47(41,42)29-11-9-15-46-29)12-13-27(26)44-22(3)10-7-8-14-43-28(20)18-36(6)32(40)33-30-23(4)34-45-24(30)5/h9,11-13,15-16,20-22,28,35,38H,7-8,10,14,17-19H2,1-6H3,(H,33,40)/t20-,21-,22-,28-/m0/s1. The zero-order chi connectivity index (χ0) is 34.3. The van der Waals surface area contributed by atoms with Crippen molar-refractivity contribution in [2.24, 2.45) is 5.92 Å². The molecule has 2 aromatic heterocycles. The number of aliphatic hydroxyl groups excluding tert-OH is 1. The van der Waals surface area contributed by atoms with Crippen LogP contribution in [0.15, 0.2) is 44.4 Å². The van der Waals surface area contributed by atoms with Crippen molar-refractivity contribution in [3.8, 4) is 5.75 Å². The Labute approximate surface area is 280 Å². The van der Waals surface area contributed by atoms with Crippen molar-refractivity contribution in [1.82, 2.24) is 15.0 Å². The number of anilines is 2. The highest BCUT2D eigenvalue weighted by atomic mass is 32.2. The largest absolute Gasteiger partial charge is 0.490 e. The SMILES string of the molecule is Cc1noc(C)c1NC(=O)N(C)C[C@@H]1OCCCC[C@H](C)Oc2ccc(NS(=O)(=O)c3cccs3)cc2C(=O)N([C@@H](C)CO)C[C@@H]1C. The third-order valence-corrected chi connectivity index (χ3v) is 10.9. The van der Waals surface area contributed by atoms with E-state index < -0.39 is 28.1 Å². The molecule has 13 nitrogen and oxygen atoms in total. The maximum atomic E-state index is 14.3. The zero-order valence-corrected chi connectivity index (χ0v) is 29.3. The minimum atomic E-state index is -3.86. The van der Waals surface area contributed by atoms with Crippen molar-refractivity contribution in [2.75, 3.05) is 43.4 Å². The van der Waals surface area contributed by atoms with Crippen LogP contribution in [0.3, 0.4) is 0 Å². The van der Waals surface area contributed by atoms with Crippen LogP contribution in [-0.4, -0.2) is 92.0 Å². The predicted molar refractivity (Wildman–Crippen MR) is 180 cm³/mol. The zero-order valence-electron chi connectivity index (χ0n) is 27.7. The quantitative estimate of drug-likeness (QED) is 0.291. The summed E-state index contributed by atoms with van der Waals surface area (Å²) in [5.74, 6) is 0.122. The third-order valence-electron chi connectivity index (χ3n) is 8.13. The van der Waals surface area contributed by atoms with Gasteiger partial charge in [-0.1, -0.05) is 18.1 Å². The van der Waals surface area contributed by atoms with Crippen molar-refractivity contribution < 1.29 is 37.1 Å². The van der Waals surface area contributed by atoms with Crippen LogP contribution in [0.2, 0.25) is 0 Å².